The largest absolute Gasteiger partial charge is 0.365 e. The van der Waals surface area contributed by atoms with Crippen molar-refractivity contribution < 1.29 is 4.79 Å². The maximum atomic E-state index is 12.4. The fraction of sp³-hybridized carbons (Fsp3) is 0.316. The summed E-state index contributed by atoms with van der Waals surface area (Å²) in [6, 6.07) is 5.81. The standard InChI is InChI=1S/C19H22N4O2/c1-3-18(24)23-10-4-5-16(13-23)22(2)17-11-15(12-21-19(17)25)14-6-8-20-9-7-14/h3,6-9,11-12,16H,1,4-5,10,13H2,2H3,(H,21,25)/t16-/m1/s1. The minimum Gasteiger partial charge on any atom is -0.365 e. The number of nitrogens with zero attached hydrogens (tertiary/aromatic N) is 3. The molecule has 0 spiro atoms. The number of carbonyl (C=O) groups is 1. The van der Waals surface area contributed by atoms with Crippen molar-refractivity contribution in [3.8, 4) is 11.1 Å². The number of piperidine rings is 1. The number of aromatic amines is 1. The van der Waals surface area contributed by atoms with Crippen LogP contribution in [0.5, 0.6) is 0 Å². The van der Waals surface area contributed by atoms with Gasteiger partial charge in [-0.2, -0.15) is 0 Å². The number of nitrogens with one attached hydrogen (secondary N) is 1. The number of rotatable bonds is 4. The van der Waals surface area contributed by atoms with Gasteiger partial charge in [-0.1, -0.05) is 6.58 Å². The lowest BCUT2D eigenvalue weighted by Gasteiger charge is -2.38. The van der Waals surface area contributed by atoms with Gasteiger partial charge in [0.05, 0.1) is 0 Å². The van der Waals surface area contributed by atoms with Crippen LogP contribution < -0.4 is 10.5 Å². The highest BCUT2D eigenvalue weighted by Gasteiger charge is 2.26. The van der Waals surface area contributed by atoms with Crippen LogP contribution in [0.15, 0.2) is 54.2 Å². The Balaban J connectivity index is 1.86. The average Bonchev–Trinajstić information content (AvgIpc) is 2.68. The molecule has 6 nitrogen and oxygen atoms in total. The first-order chi connectivity index (χ1) is 12.1. The summed E-state index contributed by atoms with van der Waals surface area (Å²) in [6.45, 7) is 4.89. The first-order valence-corrected chi connectivity index (χ1v) is 8.37. The normalized spacial score (nSPS) is 17.2. The second kappa shape index (κ2) is 7.34. The van der Waals surface area contributed by atoms with Crippen LogP contribution in [-0.4, -0.2) is 47.0 Å². The van der Waals surface area contributed by atoms with Crippen LogP contribution in [0.1, 0.15) is 12.8 Å². The highest BCUT2D eigenvalue weighted by molar-refractivity contribution is 5.87. The predicted octanol–water partition coefficient (Wildman–Crippen LogP) is 2.05. The summed E-state index contributed by atoms with van der Waals surface area (Å²) in [5.74, 6) is -0.0578. The van der Waals surface area contributed by atoms with Crippen LogP contribution in [0.4, 0.5) is 5.69 Å². The summed E-state index contributed by atoms with van der Waals surface area (Å²) in [7, 11) is 1.91. The van der Waals surface area contributed by atoms with E-state index in [1.165, 1.54) is 6.08 Å². The SMILES string of the molecule is C=CC(=O)N1CCC[C@@H](N(C)c2cc(-c3ccncc3)c[nH]c2=O)C1. The van der Waals surface area contributed by atoms with Gasteiger partial charge >= 0.3 is 0 Å². The minimum atomic E-state index is -0.132. The zero-order valence-electron chi connectivity index (χ0n) is 14.3. The van der Waals surface area contributed by atoms with E-state index in [1.54, 1.807) is 23.5 Å². The lowest BCUT2D eigenvalue weighted by atomic mass is 10.0. The molecule has 0 radical (unpaired) electrons. The van der Waals surface area contributed by atoms with E-state index in [-0.39, 0.29) is 17.5 Å². The van der Waals surface area contributed by atoms with Gasteiger partial charge in [-0.15, -0.1) is 0 Å². The van der Waals surface area contributed by atoms with Crippen molar-refractivity contribution in [3.05, 3.63) is 59.8 Å². The topological polar surface area (TPSA) is 69.3 Å². The summed E-state index contributed by atoms with van der Waals surface area (Å²) >= 11 is 0. The Hall–Kier alpha value is -2.89. The smallest absolute Gasteiger partial charge is 0.271 e. The summed E-state index contributed by atoms with van der Waals surface area (Å²) in [5.41, 5.74) is 2.39. The second-order valence-electron chi connectivity index (χ2n) is 6.23. The number of pyridine rings is 2. The molecule has 0 unspecified atom stereocenters. The van der Waals surface area contributed by atoms with Crippen LogP contribution in [0.3, 0.4) is 0 Å². The van der Waals surface area contributed by atoms with Crippen LogP contribution in [0.2, 0.25) is 0 Å². The molecule has 1 N–H and O–H groups in total. The van der Waals surface area contributed by atoms with Crippen molar-refractivity contribution in [3.63, 3.8) is 0 Å². The molecule has 0 aliphatic carbocycles. The van der Waals surface area contributed by atoms with Gasteiger partial charge in [-0.3, -0.25) is 14.6 Å². The number of likely N-dealkylation sites (tertiary alicyclic amines) is 1. The van der Waals surface area contributed by atoms with Gasteiger partial charge < -0.3 is 14.8 Å². The van der Waals surface area contributed by atoms with Gasteiger partial charge in [-0.05, 0) is 42.7 Å². The number of hydrogen-bond donors (Lipinski definition) is 1. The van der Waals surface area contributed by atoms with Crippen molar-refractivity contribution in [1.82, 2.24) is 14.9 Å². The monoisotopic (exact) mass is 338 g/mol. The molecule has 6 heteroatoms. The maximum Gasteiger partial charge on any atom is 0.271 e. The van der Waals surface area contributed by atoms with Crippen molar-refractivity contribution >= 4 is 11.6 Å². The van der Waals surface area contributed by atoms with E-state index in [9.17, 15) is 9.59 Å². The molecule has 1 atom stereocenters. The molecule has 3 heterocycles. The van der Waals surface area contributed by atoms with Gasteiger partial charge in [0.1, 0.15) is 5.69 Å². The fourth-order valence-corrected chi connectivity index (χ4v) is 3.24. The number of hydrogen-bond acceptors (Lipinski definition) is 4. The third-order valence-corrected chi connectivity index (χ3v) is 4.71. The molecule has 130 valence electrons. The fourth-order valence-electron chi connectivity index (χ4n) is 3.24. The van der Waals surface area contributed by atoms with Crippen LogP contribution >= 0.6 is 0 Å². The Bertz CT molecular complexity index is 816. The molecule has 3 rings (SSSR count). The molecule has 1 fully saturated rings. The summed E-state index contributed by atoms with van der Waals surface area (Å²) < 4.78 is 0. The van der Waals surface area contributed by atoms with Gasteiger partial charge in [-0.25, -0.2) is 0 Å². The first kappa shape index (κ1) is 17.0. The maximum absolute atomic E-state index is 12.4. The number of anilines is 1. The van der Waals surface area contributed by atoms with E-state index in [4.69, 9.17) is 0 Å². The van der Waals surface area contributed by atoms with Gasteiger partial charge in [0, 0.05) is 50.3 Å². The molecule has 2 aromatic heterocycles. The van der Waals surface area contributed by atoms with E-state index in [0.717, 1.165) is 30.5 Å². The molecule has 1 aliphatic rings. The zero-order chi connectivity index (χ0) is 17.8. The number of H-pyrrole nitrogens is 1. The average molecular weight is 338 g/mol. The molecule has 0 bridgehead atoms. The van der Waals surface area contributed by atoms with Crippen LogP contribution in [-0.2, 0) is 4.79 Å². The lowest BCUT2D eigenvalue weighted by Crippen LogP contribution is -2.49. The number of aromatic nitrogens is 2. The van der Waals surface area contributed by atoms with Crippen LogP contribution in [0, 0.1) is 0 Å². The summed E-state index contributed by atoms with van der Waals surface area (Å²) in [5, 5.41) is 0. The molecule has 0 aromatic carbocycles. The minimum absolute atomic E-state index is 0.0578. The van der Waals surface area contributed by atoms with E-state index in [1.807, 2.05) is 30.1 Å². The Labute approximate surface area is 146 Å². The van der Waals surface area contributed by atoms with Gasteiger partial charge in [0.15, 0.2) is 0 Å². The number of carbonyl (C=O) groups excluding carboxylic acids is 1. The van der Waals surface area contributed by atoms with E-state index in [0.29, 0.717) is 12.2 Å². The molecule has 1 amide bonds. The molecule has 0 saturated carbocycles. The van der Waals surface area contributed by atoms with E-state index >= 15 is 0 Å². The Kier molecular flexibility index (Phi) is 4.97. The molecule has 2 aromatic rings. The lowest BCUT2D eigenvalue weighted by molar-refractivity contribution is -0.127. The molecular weight excluding hydrogens is 316 g/mol. The summed E-state index contributed by atoms with van der Waals surface area (Å²) in [4.78, 5) is 34.9. The molecule has 1 saturated heterocycles. The van der Waals surface area contributed by atoms with Crippen molar-refractivity contribution in [2.24, 2.45) is 0 Å². The predicted molar refractivity (Wildman–Crippen MR) is 98.5 cm³/mol. The quantitative estimate of drug-likeness (QED) is 0.866. The van der Waals surface area contributed by atoms with Crippen molar-refractivity contribution in [2.45, 2.75) is 18.9 Å². The van der Waals surface area contributed by atoms with E-state index < -0.39 is 0 Å². The highest BCUT2D eigenvalue weighted by atomic mass is 16.2. The Morgan fingerprint density at radius 1 is 1.40 bits per heavy atom. The number of amides is 1. The molecular formula is C19H22N4O2. The number of likely N-dealkylation sites (N-methyl/N-ethyl adjacent to an activating group) is 1. The first-order valence-electron chi connectivity index (χ1n) is 8.37. The van der Waals surface area contributed by atoms with Crippen molar-refractivity contribution in [2.75, 3.05) is 25.0 Å². The molecule has 25 heavy (non-hydrogen) atoms. The third kappa shape index (κ3) is 3.63. The zero-order valence-corrected chi connectivity index (χ0v) is 14.3. The Morgan fingerprint density at radius 2 is 2.16 bits per heavy atom. The second-order valence-corrected chi connectivity index (χ2v) is 6.23. The van der Waals surface area contributed by atoms with Crippen LogP contribution in [0.25, 0.3) is 11.1 Å². The third-order valence-electron chi connectivity index (χ3n) is 4.71. The molecule has 1 aliphatic heterocycles. The van der Waals surface area contributed by atoms with Gasteiger partial charge in [0.2, 0.25) is 5.91 Å². The summed E-state index contributed by atoms with van der Waals surface area (Å²) in [6.07, 6.45) is 8.36. The van der Waals surface area contributed by atoms with Crippen molar-refractivity contribution in [1.29, 1.82) is 0 Å². The Morgan fingerprint density at radius 3 is 2.88 bits per heavy atom. The van der Waals surface area contributed by atoms with Gasteiger partial charge in [0.25, 0.3) is 5.56 Å². The van der Waals surface area contributed by atoms with E-state index in [2.05, 4.69) is 16.5 Å². The highest BCUT2D eigenvalue weighted by Crippen LogP contribution is 2.23.